The lowest BCUT2D eigenvalue weighted by atomic mass is 10.1. The van der Waals surface area contributed by atoms with Gasteiger partial charge in [0.1, 0.15) is 0 Å². The maximum Gasteiger partial charge on any atom is 0.221 e. The maximum atomic E-state index is 12.4. The molecule has 1 saturated heterocycles. The van der Waals surface area contributed by atoms with Crippen LogP contribution in [0.5, 0.6) is 0 Å². The number of carbonyl (C=O) groups excluding carboxylic acids is 1. The zero-order chi connectivity index (χ0) is 18.9. The van der Waals surface area contributed by atoms with Gasteiger partial charge < -0.3 is 14.6 Å². The van der Waals surface area contributed by atoms with Gasteiger partial charge in [0.25, 0.3) is 0 Å². The van der Waals surface area contributed by atoms with Crippen molar-refractivity contribution in [3.63, 3.8) is 0 Å². The molecular formula is C21H28N4O2. The number of aryl methyl sites for hydroxylation is 1. The van der Waals surface area contributed by atoms with Crippen LogP contribution >= 0.6 is 0 Å². The summed E-state index contributed by atoms with van der Waals surface area (Å²) in [4.78, 5) is 18.9. The van der Waals surface area contributed by atoms with Crippen molar-refractivity contribution in [3.8, 4) is 0 Å². The van der Waals surface area contributed by atoms with Crippen molar-refractivity contribution in [2.24, 2.45) is 0 Å². The van der Waals surface area contributed by atoms with E-state index in [0.29, 0.717) is 26.2 Å². The summed E-state index contributed by atoms with van der Waals surface area (Å²) < 4.78 is 7.64. The van der Waals surface area contributed by atoms with E-state index in [4.69, 9.17) is 4.74 Å². The van der Waals surface area contributed by atoms with Crippen LogP contribution in [-0.4, -0.2) is 52.7 Å². The van der Waals surface area contributed by atoms with Gasteiger partial charge in [0, 0.05) is 38.3 Å². The van der Waals surface area contributed by atoms with Crippen LogP contribution in [0.2, 0.25) is 0 Å². The second-order valence-corrected chi connectivity index (χ2v) is 6.69. The zero-order valence-electron chi connectivity index (χ0n) is 15.9. The summed E-state index contributed by atoms with van der Waals surface area (Å²) in [5.41, 5.74) is 2.21. The van der Waals surface area contributed by atoms with Crippen LogP contribution < -0.4 is 5.32 Å². The number of carbonyl (C=O) groups is 1. The molecule has 6 heteroatoms. The highest BCUT2D eigenvalue weighted by Gasteiger charge is 2.24. The second-order valence-electron chi connectivity index (χ2n) is 6.69. The molecule has 1 aliphatic heterocycles. The van der Waals surface area contributed by atoms with Crippen LogP contribution in [0.3, 0.4) is 0 Å². The molecule has 0 bridgehead atoms. The van der Waals surface area contributed by atoms with Gasteiger partial charge in [-0.05, 0) is 12.5 Å². The van der Waals surface area contributed by atoms with Gasteiger partial charge in [0.05, 0.1) is 31.8 Å². The fourth-order valence-electron chi connectivity index (χ4n) is 3.26. The fraction of sp³-hybridized carbons (Fsp3) is 0.429. The highest BCUT2D eigenvalue weighted by molar-refractivity contribution is 5.76. The zero-order valence-corrected chi connectivity index (χ0v) is 15.9. The van der Waals surface area contributed by atoms with Crippen molar-refractivity contribution in [2.45, 2.75) is 32.5 Å². The number of imidazole rings is 1. The van der Waals surface area contributed by atoms with Crippen molar-refractivity contribution >= 4 is 12.0 Å². The summed E-state index contributed by atoms with van der Waals surface area (Å²) in [5.74, 6) is 0.0476. The Morgan fingerprint density at radius 2 is 2.22 bits per heavy atom. The molecule has 6 nitrogen and oxygen atoms in total. The minimum Gasteiger partial charge on any atom is -0.378 e. The SMILES string of the molecule is CCn1cncc1CNC(=O)CC1COCCN1C/C=C/c1ccccc1. The van der Waals surface area contributed by atoms with Crippen molar-refractivity contribution in [1.82, 2.24) is 19.8 Å². The van der Waals surface area contributed by atoms with Crippen LogP contribution in [0.25, 0.3) is 6.08 Å². The first-order valence-corrected chi connectivity index (χ1v) is 9.55. The predicted molar refractivity (Wildman–Crippen MR) is 106 cm³/mol. The summed E-state index contributed by atoms with van der Waals surface area (Å²) in [7, 11) is 0. The molecule has 1 amide bonds. The van der Waals surface area contributed by atoms with Crippen molar-refractivity contribution < 1.29 is 9.53 Å². The lowest BCUT2D eigenvalue weighted by Crippen LogP contribution is -2.47. The Bertz CT molecular complexity index is 742. The Balaban J connectivity index is 1.49. The standard InChI is InChI=1S/C21H28N4O2/c1-2-24-17-22-14-20(24)15-23-21(26)13-19-16-27-12-11-25(19)10-6-9-18-7-4-3-5-8-18/h3-9,14,17,19H,2,10-13,15-16H2,1H3,(H,23,26)/b9-6+. The fourth-order valence-corrected chi connectivity index (χ4v) is 3.26. The Morgan fingerprint density at radius 1 is 1.37 bits per heavy atom. The van der Waals surface area contributed by atoms with E-state index in [9.17, 15) is 4.79 Å². The molecule has 27 heavy (non-hydrogen) atoms. The number of ether oxygens (including phenoxy) is 1. The molecule has 0 aliphatic carbocycles. The molecule has 2 aromatic rings. The summed E-state index contributed by atoms with van der Waals surface area (Å²) in [6.07, 6.45) is 8.31. The van der Waals surface area contributed by atoms with Gasteiger partial charge in [0.15, 0.2) is 0 Å². The summed E-state index contributed by atoms with van der Waals surface area (Å²) in [6.45, 7) is 6.40. The third-order valence-corrected chi connectivity index (χ3v) is 4.83. The van der Waals surface area contributed by atoms with Gasteiger partial charge in [-0.2, -0.15) is 0 Å². The van der Waals surface area contributed by atoms with E-state index in [1.165, 1.54) is 5.56 Å². The molecule has 2 heterocycles. The Labute approximate surface area is 160 Å². The third kappa shape index (κ3) is 5.77. The normalized spacial score (nSPS) is 18.0. The Morgan fingerprint density at radius 3 is 3.04 bits per heavy atom. The van der Waals surface area contributed by atoms with Crippen molar-refractivity contribution in [1.29, 1.82) is 0 Å². The molecule has 0 radical (unpaired) electrons. The molecule has 3 rings (SSSR count). The van der Waals surface area contributed by atoms with Gasteiger partial charge in [-0.1, -0.05) is 42.5 Å². The number of hydrogen-bond acceptors (Lipinski definition) is 4. The van der Waals surface area contributed by atoms with E-state index in [2.05, 4.69) is 46.4 Å². The number of morpholine rings is 1. The van der Waals surface area contributed by atoms with Crippen LogP contribution in [0, 0.1) is 0 Å². The minimum absolute atomic E-state index is 0.0476. The largest absolute Gasteiger partial charge is 0.378 e. The number of amides is 1. The molecule has 1 aliphatic rings. The van der Waals surface area contributed by atoms with Crippen LogP contribution in [0.1, 0.15) is 24.6 Å². The lowest BCUT2D eigenvalue weighted by molar-refractivity contribution is -0.124. The Hall–Kier alpha value is -2.44. The average molecular weight is 368 g/mol. The molecule has 1 aromatic heterocycles. The summed E-state index contributed by atoms with van der Waals surface area (Å²) in [5, 5.41) is 3.01. The molecule has 1 unspecified atom stereocenters. The third-order valence-electron chi connectivity index (χ3n) is 4.83. The molecule has 0 saturated carbocycles. The second kappa shape index (κ2) is 10.0. The van der Waals surface area contributed by atoms with Crippen LogP contribution in [0.15, 0.2) is 48.9 Å². The number of benzene rings is 1. The maximum absolute atomic E-state index is 12.4. The smallest absolute Gasteiger partial charge is 0.221 e. The lowest BCUT2D eigenvalue weighted by Gasteiger charge is -2.34. The monoisotopic (exact) mass is 368 g/mol. The molecule has 1 atom stereocenters. The topological polar surface area (TPSA) is 59.4 Å². The Kier molecular flexibility index (Phi) is 7.19. The summed E-state index contributed by atoms with van der Waals surface area (Å²) >= 11 is 0. The average Bonchev–Trinajstić information content (AvgIpc) is 3.16. The van der Waals surface area contributed by atoms with Gasteiger partial charge in [-0.15, -0.1) is 0 Å². The first-order valence-electron chi connectivity index (χ1n) is 9.55. The van der Waals surface area contributed by atoms with E-state index >= 15 is 0 Å². The highest BCUT2D eigenvalue weighted by atomic mass is 16.5. The quantitative estimate of drug-likeness (QED) is 0.777. The van der Waals surface area contributed by atoms with E-state index in [1.807, 2.05) is 22.8 Å². The molecular weight excluding hydrogens is 340 g/mol. The van der Waals surface area contributed by atoms with Crippen molar-refractivity contribution in [2.75, 3.05) is 26.3 Å². The number of hydrogen-bond donors (Lipinski definition) is 1. The number of rotatable bonds is 8. The highest BCUT2D eigenvalue weighted by Crippen LogP contribution is 2.12. The van der Waals surface area contributed by atoms with E-state index in [-0.39, 0.29) is 11.9 Å². The minimum atomic E-state index is 0.0476. The molecule has 0 spiro atoms. The number of nitrogens with zero attached hydrogens (tertiary/aromatic N) is 3. The van der Waals surface area contributed by atoms with Gasteiger partial charge in [-0.25, -0.2) is 4.98 Å². The first-order chi connectivity index (χ1) is 13.3. The first kappa shape index (κ1) is 19.3. The van der Waals surface area contributed by atoms with E-state index < -0.39 is 0 Å². The van der Waals surface area contributed by atoms with Gasteiger partial charge in [-0.3, -0.25) is 9.69 Å². The van der Waals surface area contributed by atoms with Crippen LogP contribution in [-0.2, 0) is 22.6 Å². The van der Waals surface area contributed by atoms with E-state index in [0.717, 1.165) is 25.3 Å². The molecule has 1 fully saturated rings. The van der Waals surface area contributed by atoms with Crippen LogP contribution in [0.4, 0.5) is 0 Å². The van der Waals surface area contributed by atoms with Crippen molar-refractivity contribution in [3.05, 3.63) is 60.2 Å². The number of aromatic nitrogens is 2. The number of nitrogens with one attached hydrogen (secondary N) is 1. The van der Waals surface area contributed by atoms with E-state index in [1.54, 1.807) is 12.5 Å². The summed E-state index contributed by atoms with van der Waals surface area (Å²) in [6, 6.07) is 10.4. The van der Waals surface area contributed by atoms with Gasteiger partial charge >= 0.3 is 0 Å². The molecule has 144 valence electrons. The predicted octanol–water partition coefficient (Wildman–Crippen LogP) is 2.32. The van der Waals surface area contributed by atoms with Gasteiger partial charge in [0.2, 0.25) is 5.91 Å². The molecule has 1 aromatic carbocycles. The molecule has 1 N–H and O–H groups in total.